The first-order chi connectivity index (χ1) is 8.24. The lowest BCUT2D eigenvalue weighted by molar-refractivity contribution is 0.305. The Morgan fingerprint density at radius 2 is 1.88 bits per heavy atom. The van der Waals surface area contributed by atoms with E-state index in [9.17, 15) is 0 Å². The van der Waals surface area contributed by atoms with Gasteiger partial charge in [0.1, 0.15) is 0 Å². The number of rotatable bonds is 2. The summed E-state index contributed by atoms with van der Waals surface area (Å²) in [7, 11) is 0. The van der Waals surface area contributed by atoms with Crippen LogP contribution in [0.15, 0.2) is 18.2 Å². The molecule has 0 saturated carbocycles. The third kappa shape index (κ3) is 2.12. The summed E-state index contributed by atoms with van der Waals surface area (Å²) in [5, 5.41) is 3.50. The normalized spacial score (nSPS) is 28.6. The minimum absolute atomic E-state index is 0.903. The number of nitrogens with one attached hydrogen (secondary N) is 1. The van der Waals surface area contributed by atoms with E-state index in [1.54, 1.807) is 0 Å². The van der Waals surface area contributed by atoms with Gasteiger partial charge in [0.15, 0.2) is 0 Å². The molecule has 0 aliphatic carbocycles. The minimum atomic E-state index is 0.903. The van der Waals surface area contributed by atoms with Crippen LogP contribution in [0.4, 0.5) is 0 Å². The predicted octanol–water partition coefficient (Wildman–Crippen LogP) is 1.95. The number of hydrogen-bond acceptors (Lipinski definition) is 2. The van der Waals surface area contributed by atoms with E-state index >= 15 is 0 Å². The van der Waals surface area contributed by atoms with Crippen LogP contribution in [0.5, 0.6) is 0 Å². The van der Waals surface area contributed by atoms with Crippen LogP contribution in [0.1, 0.15) is 16.7 Å². The summed E-state index contributed by atoms with van der Waals surface area (Å²) in [5.41, 5.74) is 4.41. The van der Waals surface area contributed by atoms with Crippen LogP contribution < -0.4 is 5.32 Å². The smallest absolute Gasteiger partial charge is 0.0236 e. The van der Waals surface area contributed by atoms with E-state index < -0.39 is 0 Å². The fourth-order valence-electron chi connectivity index (χ4n) is 3.31. The molecule has 2 atom stereocenters. The van der Waals surface area contributed by atoms with Gasteiger partial charge in [0.25, 0.3) is 0 Å². The molecule has 2 fully saturated rings. The van der Waals surface area contributed by atoms with Crippen LogP contribution in [0.3, 0.4) is 0 Å². The van der Waals surface area contributed by atoms with E-state index in [0.29, 0.717) is 0 Å². The van der Waals surface area contributed by atoms with Gasteiger partial charge in [-0.3, -0.25) is 4.90 Å². The Hall–Kier alpha value is -0.860. The number of benzene rings is 1. The highest BCUT2D eigenvalue weighted by Crippen LogP contribution is 2.28. The number of hydrogen-bond donors (Lipinski definition) is 1. The van der Waals surface area contributed by atoms with Crippen LogP contribution in [-0.4, -0.2) is 31.1 Å². The summed E-state index contributed by atoms with van der Waals surface area (Å²) < 4.78 is 0. The average Bonchev–Trinajstić information content (AvgIpc) is 2.85. The topological polar surface area (TPSA) is 15.3 Å². The number of fused-ring (bicyclic) bond motifs is 1. The quantitative estimate of drug-likeness (QED) is 0.835. The summed E-state index contributed by atoms with van der Waals surface area (Å²) in [6.07, 6.45) is 0. The third-order valence-corrected chi connectivity index (χ3v) is 4.58. The minimum Gasteiger partial charge on any atom is -0.316 e. The zero-order valence-electron chi connectivity index (χ0n) is 10.9. The molecular weight excluding hydrogens is 208 g/mol. The van der Waals surface area contributed by atoms with Gasteiger partial charge in [-0.05, 0) is 55.5 Å². The highest BCUT2D eigenvalue weighted by molar-refractivity contribution is 5.33. The molecular formula is C15H22N2. The molecule has 2 saturated heterocycles. The second-order valence-corrected chi connectivity index (χ2v) is 5.73. The molecule has 17 heavy (non-hydrogen) atoms. The lowest BCUT2D eigenvalue weighted by Gasteiger charge is -2.19. The summed E-state index contributed by atoms with van der Waals surface area (Å²) in [6, 6.07) is 6.69. The fraction of sp³-hybridized carbons (Fsp3) is 0.600. The van der Waals surface area contributed by atoms with E-state index in [1.165, 1.54) is 42.9 Å². The number of nitrogens with zero attached hydrogens (tertiary/aromatic N) is 1. The van der Waals surface area contributed by atoms with Gasteiger partial charge in [-0.15, -0.1) is 0 Å². The molecule has 0 bridgehead atoms. The Bertz CT molecular complexity index is 401. The highest BCUT2D eigenvalue weighted by atomic mass is 15.2. The maximum atomic E-state index is 3.50. The molecule has 1 aromatic carbocycles. The lowest BCUT2D eigenvalue weighted by Crippen LogP contribution is -2.25. The first-order valence-electron chi connectivity index (χ1n) is 6.72. The second-order valence-electron chi connectivity index (χ2n) is 5.73. The zero-order chi connectivity index (χ0) is 11.8. The van der Waals surface area contributed by atoms with Crippen molar-refractivity contribution in [2.24, 2.45) is 11.8 Å². The molecule has 2 heterocycles. The van der Waals surface area contributed by atoms with Gasteiger partial charge in [0, 0.05) is 19.6 Å². The van der Waals surface area contributed by atoms with Crippen molar-refractivity contribution in [1.29, 1.82) is 0 Å². The van der Waals surface area contributed by atoms with Crippen LogP contribution in [0, 0.1) is 25.7 Å². The van der Waals surface area contributed by atoms with Gasteiger partial charge < -0.3 is 5.32 Å². The molecule has 1 aromatic rings. The maximum absolute atomic E-state index is 3.50. The second kappa shape index (κ2) is 4.43. The van der Waals surface area contributed by atoms with Crippen LogP contribution >= 0.6 is 0 Å². The Morgan fingerprint density at radius 3 is 2.59 bits per heavy atom. The van der Waals surface area contributed by atoms with Gasteiger partial charge in [0.2, 0.25) is 0 Å². The summed E-state index contributed by atoms with van der Waals surface area (Å²) >= 11 is 0. The van der Waals surface area contributed by atoms with Gasteiger partial charge in [0.05, 0.1) is 0 Å². The Balaban J connectivity index is 1.70. The van der Waals surface area contributed by atoms with Crippen molar-refractivity contribution in [2.45, 2.75) is 20.4 Å². The highest BCUT2D eigenvalue weighted by Gasteiger charge is 2.35. The van der Waals surface area contributed by atoms with Crippen LogP contribution in [-0.2, 0) is 6.54 Å². The molecule has 2 heteroatoms. The molecule has 0 unspecified atom stereocenters. The van der Waals surface area contributed by atoms with Crippen molar-refractivity contribution in [2.75, 3.05) is 26.2 Å². The van der Waals surface area contributed by atoms with Crippen molar-refractivity contribution in [3.63, 3.8) is 0 Å². The monoisotopic (exact) mass is 230 g/mol. The van der Waals surface area contributed by atoms with Crippen molar-refractivity contribution >= 4 is 0 Å². The SMILES string of the molecule is Cc1cccc(CN2C[C@H]3CNC[C@H]3C2)c1C. The molecule has 2 aliphatic heterocycles. The number of likely N-dealkylation sites (tertiary alicyclic amines) is 1. The fourth-order valence-corrected chi connectivity index (χ4v) is 3.31. The molecule has 1 N–H and O–H groups in total. The van der Waals surface area contributed by atoms with Gasteiger partial charge in [-0.1, -0.05) is 18.2 Å². The van der Waals surface area contributed by atoms with Crippen molar-refractivity contribution in [3.8, 4) is 0 Å². The van der Waals surface area contributed by atoms with Crippen molar-refractivity contribution in [1.82, 2.24) is 10.2 Å². The van der Waals surface area contributed by atoms with Crippen LogP contribution in [0.25, 0.3) is 0 Å². The van der Waals surface area contributed by atoms with E-state index in [1.807, 2.05) is 0 Å². The largest absolute Gasteiger partial charge is 0.316 e. The lowest BCUT2D eigenvalue weighted by atomic mass is 10.0. The van der Waals surface area contributed by atoms with Gasteiger partial charge in [-0.2, -0.15) is 0 Å². The molecule has 0 amide bonds. The van der Waals surface area contributed by atoms with Crippen molar-refractivity contribution in [3.05, 3.63) is 34.9 Å². The van der Waals surface area contributed by atoms with Gasteiger partial charge >= 0.3 is 0 Å². The molecule has 0 radical (unpaired) electrons. The van der Waals surface area contributed by atoms with E-state index in [0.717, 1.165) is 18.4 Å². The van der Waals surface area contributed by atoms with E-state index in [-0.39, 0.29) is 0 Å². The predicted molar refractivity (Wildman–Crippen MR) is 71.0 cm³/mol. The maximum Gasteiger partial charge on any atom is 0.0236 e. The summed E-state index contributed by atoms with van der Waals surface area (Å²) in [4.78, 5) is 2.64. The van der Waals surface area contributed by atoms with Crippen molar-refractivity contribution < 1.29 is 0 Å². The molecule has 0 spiro atoms. The summed E-state index contributed by atoms with van der Waals surface area (Å²) in [6.45, 7) is 10.6. The number of aryl methyl sites for hydroxylation is 1. The molecule has 0 aromatic heterocycles. The summed E-state index contributed by atoms with van der Waals surface area (Å²) in [5.74, 6) is 1.81. The molecule has 3 rings (SSSR count). The Labute approximate surface area is 104 Å². The van der Waals surface area contributed by atoms with E-state index in [4.69, 9.17) is 0 Å². The Kier molecular flexibility index (Phi) is 2.93. The van der Waals surface area contributed by atoms with Crippen LogP contribution in [0.2, 0.25) is 0 Å². The third-order valence-electron chi connectivity index (χ3n) is 4.58. The standard InChI is InChI=1S/C15H22N2/c1-11-4-3-5-13(12(11)2)8-17-9-14-6-16-7-15(14)10-17/h3-5,14-16H,6-10H2,1-2H3/t14-,15+. The Morgan fingerprint density at radius 1 is 1.18 bits per heavy atom. The molecule has 2 aliphatic rings. The average molecular weight is 230 g/mol. The first-order valence-corrected chi connectivity index (χ1v) is 6.72. The van der Waals surface area contributed by atoms with Gasteiger partial charge in [-0.25, -0.2) is 0 Å². The first kappa shape index (κ1) is 11.2. The molecule has 92 valence electrons. The molecule has 2 nitrogen and oxygen atoms in total. The van der Waals surface area contributed by atoms with E-state index in [2.05, 4.69) is 42.3 Å². The zero-order valence-corrected chi connectivity index (χ0v) is 10.9.